The van der Waals surface area contributed by atoms with Crippen LogP contribution in [0, 0.1) is 5.92 Å². The van der Waals surface area contributed by atoms with Crippen LogP contribution in [0.3, 0.4) is 0 Å². The number of fused-ring (bicyclic) bond motifs is 1. The maximum atomic E-state index is 6.28. The lowest BCUT2D eigenvalue weighted by Gasteiger charge is -2.21. The molecular weight excluding hydrogens is 333 g/mol. The first-order valence-corrected chi connectivity index (χ1v) is 8.35. The van der Waals surface area contributed by atoms with Crippen molar-refractivity contribution in [3.63, 3.8) is 0 Å². The van der Waals surface area contributed by atoms with E-state index in [4.69, 9.17) is 28.0 Å². The maximum Gasteiger partial charge on any atom is 0.114 e. The summed E-state index contributed by atoms with van der Waals surface area (Å²) in [5.41, 5.74) is 4.38. The molecule has 1 heterocycles. The van der Waals surface area contributed by atoms with Gasteiger partial charge < -0.3 is 4.84 Å². The van der Waals surface area contributed by atoms with Crippen LogP contribution in [0.25, 0.3) is 11.3 Å². The summed E-state index contributed by atoms with van der Waals surface area (Å²) in [4.78, 5) is 5.26. The Morgan fingerprint density at radius 1 is 1.17 bits per heavy atom. The number of benzene rings is 1. The minimum atomic E-state index is 0.473. The molecule has 0 bridgehead atoms. The van der Waals surface area contributed by atoms with Gasteiger partial charge in [0.25, 0.3) is 0 Å². The molecule has 6 heteroatoms. The van der Waals surface area contributed by atoms with Crippen molar-refractivity contribution in [2.24, 2.45) is 11.1 Å². The fraction of sp³-hybridized carbons (Fsp3) is 0.353. The summed E-state index contributed by atoms with van der Waals surface area (Å²) in [5, 5.41) is 14.1. The van der Waals surface area contributed by atoms with Gasteiger partial charge in [-0.1, -0.05) is 35.3 Å². The van der Waals surface area contributed by atoms with E-state index in [0.717, 1.165) is 35.4 Å². The molecule has 2 aromatic rings. The zero-order valence-electron chi connectivity index (χ0n) is 13.0. The Balaban J connectivity index is 2.06. The van der Waals surface area contributed by atoms with Crippen LogP contribution in [-0.2, 0) is 11.3 Å². The summed E-state index contributed by atoms with van der Waals surface area (Å²) < 4.78 is 0. The molecule has 3 rings (SSSR count). The lowest BCUT2D eigenvalue weighted by atomic mass is 9.86. The highest BCUT2D eigenvalue weighted by Crippen LogP contribution is 2.32. The average molecular weight is 350 g/mol. The normalized spacial score (nSPS) is 18.8. The third kappa shape index (κ3) is 3.48. The molecule has 0 aliphatic heterocycles. The first-order chi connectivity index (χ1) is 11.1. The van der Waals surface area contributed by atoms with Crippen LogP contribution in [0.4, 0.5) is 0 Å². The molecule has 1 atom stereocenters. The third-order valence-electron chi connectivity index (χ3n) is 3.78. The highest BCUT2D eigenvalue weighted by molar-refractivity contribution is 6.36. The van der Waals surface area contributed by atoms with E-state index in [2.05, 4.69) is 22.3 Å². The zero-order chi connectivity index (χ0) is 16.4. The Labute approximate surface area is 145 Å². The highest BCUT2D eigenvalue weighted by Gasteiger charge is 2.24. The molecule has 0 unspecified atom stereocenters. The molecule has 0 N–H and O–H groups in total. The lowest BCUT2D eigenvalue weighted by molar-refractivity contribution is 0.157. The van der Waals surface area contributed by atoms with E-state index >= 15 is 0 Å². The number of hydrogen-bond acceptors (Lipinski definition) is 4. The lowest BCUT2D eigenvalue weighted by Crippen LogP contribution is -2.21. The summed E-state index contributed by atoms with van der Waals surface area (Å²) in [6.45, 7) is 4.64. The number of halogens is 2. The van der Waals surface area contributed by atoms with Gasteiger partial charge in [-0.05, 0) is 49.9 Å². The first kappa shape index (κ1) is 16.2. The molecule has 0 fully saturated rings. The van der Waals surface area contributed by atoms with E-state index in [1.165, 1.54) is 0 Å². The standard InChI is InChI=1S/C17H17Cl2N3O/c1-3-23-22-17-7-10(2)6-15-13(17)9-16(21-20-15)12-5-4-11(18)8-14(12)19/h4-5,8-10H,3,6-7H2,1-2H3/b22-17-/t10-/m0/s1. The summed E-state index contributed by atoms with van der Waals surface area (Å²) in [6.07, 6.45) is 1.76. The van der Waals surface area contributed by atoms with Gasteiger partial charge >= 0.3 is 0 Å². The van der Waals surface area contributed by atoms with Crippen molar-refractivity contribution in [1.82, 2.24) is 10.2 Å². The van der Waals surface area contributed by atoms with Gasteiger partial charge in [0.2, 0.25) is 0 Å². The van der Waals surface area contributed by atoms with E-state index in [0.29, 0.717) is 28.3 Å². The molecule has 0 spiro atoms. The van der Waals surface area contributed by atoms with Crippen molar-refractivity contribution in [3.05, 3.63) is 45.6 Å². The fourth-order valence-electron chi connectivity index (χ4n) is 2.72. The van der Waals surface area contributed by atoms with E-state index in [9.17, 15) is 0 Å². The third-order valence-corrected chi connectivity index (χ3v) is 4.32. The number of rotatable bonds is 3. The molecule has 1 aromatic heterocycles. The molecular formula is C17H17Cl2N3O. The number of oxime groups is 1. The first-order valence-electron chi connectivity index (χ1n) is 7.59. The second-order valence-corrected chi connectivity index (χ2v) is 6.53. The minimum absolute atomic E-state index is 0.473. The Bertz CT molecular complexity index is 761. The van der Waals surface area contributed by atoms with Crippen molar-refractivity contribution in [2.45, 2.75) is 26.7 Å². The molecule has 1 aliphatic rings. The topological polar surface area (TPSA) is 47.4 Å². The van der Waals surface area contributed by atoms with Crippen LogP contribution in [0.1, 0.15) is 31.5 Å². The summed E-state index contributed by atoms with van der Waals surface area (Å²) in [5.74, 6) is 0.473. The van der Waals surface area contributed by atoms with Gasteiger partial charge in [0.05, 0.1) is 22.1 Å². The van der Waals surface area contributed by atoms with Crippen LogP contribution in [0.15, 0.2) is 29.4 Å². The fourth-order valence-corrected chi connectivity index (χ4v) is 3.22. The number of hydrogen-bond donors (Lipinski definition) is 0. The van der Waals surface area contributed by atoms with Crippen LogP contribution < -0.4 is 0 Å². The SMILES string of the molecule is CCO/N=C1/C[C@@H](C)Cc2nnc(-c3ccc(Cl)cc3Cl)cc21. The Morgan fingerprint density at radius 2 is 2.00 bits per heavy atom. The van der Waals surface area contributed by atoms with Gasteiger partial charge in [0, 0.05) is 16.1 Å². The predicted octanol–water partition coefficient (Wildman–Crippen LogP) is 4.77. The zero-order valence-corrected chi connectivity index (χ0v) is 14.5. The quantitative estimate of drug-likeness (QED) is 0.749. The van der Waals surface area contributed by atoms with Gasteiger partial charge in [-0.25, -0.2) is 0 Å². The van der Waals surface area contributed by atoms with Gasteiger partial charge in [-0.3, -0.25) is 0 Å². The molecule has 1 aliphatic carbocycles. The molecule has 0 saturated carbocycles. The Morgan fingerprint density at radius 3 is 2.74 bits per heavy atom. The summed E-state index contributed by atoms with van der Waals surface area (Å²) in [6, 6.07) is 7.34. The summed E-state index contributed by atoms with van der Waals surface area (Å²) >= 11 is 12.2. The number of nitrogens with zero attached hydrogens (tertiary/aromatic N) is 3. The van der Waals surface area contributed by atoms with Crippen LogP contribution in [0.5, 0.6) is 0 Å². The predicted molar refractivity (Wildman–Crippen MR) is 93.1 cm³/mol. The number of aromatic nitrogens is 2. The molecule has 0 saturated heterocycles. The van der Waals surface area contributed by atoms with E-state index in [1.54, 1.807) is 12.1 Å². The van der Waals surface area contributed by atoms with E-state index in [1.807, 2.05) is 19.1 Å². The Hall–Kier alpha value is -1.65. The molecule has 120 valence electrons. The molecule has 0 radical (unpaired) electrons. The van der Waals surface area contributed by atoms with Gasteiger partial charge in [0.1, 0.15) is 6.61 Å². The van der Waals surface area contributed by atoms with Crippen LogP contribution in [-0.4, -0.2) is 22.5 Å². The molecule has 4 nitrogen and oxygen atoms in total. The van der Waals surface area contributed by atoms with Crippen molar-refractivity contribution in [2.75, 3.05) is 6.61 Å². The van der Waals surface area contributed by atoms with E-state index in [-0.39, 0.29) is 0 Å². The average Bonchev–Trinajstić information content (AvgIpc) is 2.52. The maximum absolute atomic E-state index is 6.28. The monoisotopic (exact) mass is 349 g/mol. The second-order valence-electron chi connectivity index (χ2n) is 5.68. The molecule has 23 heavy (non-hydrogen) atoms. The summed E-state index contributed by atoms with van der Waals surface area (Å²) in [7, 11) is 0. The van der Waals surface area contributed by atoms with Crippen molar-refractivity contribution < 1.29 is 4.84 Å². The largest absolute Gasteiger partial charge is 0.396 e. The van der Waals surface area contributed by atoms with Crippen molar-refractivity contribution >= 4 is 28.9 Å². The van der Waals surface area contributed by atoms with Crippen molar-refractivity contribution in [3.8, 4) is 11.3 Å². The van der Waals surface area contributed by atoms with E-state index < -0.39 is 0 Å². The highest BCUT2D eigenvalue weighted by atomic mass is 35.5. The molecule has 0 amide bonds. The van der Waals surface area contributed by atoms with Crippen molar-refractivity contribution in [1.29, 1.82) is 0 Å². The van der Waals surface area contributed by atoms with Crippen LogP contribution in [0.2, 0.25) is 10.0 Å². The minimum Gasteiger partial charge on any atom is -0.396 e. The Kier molecular flexibility index (Phi) is 4.83. The van der Waals surface area contributed by atoms with Gasteiger partial charge in [-0.2, -0.15) is 10.2 Å². The van der Waals surface area contributed by atoms with Gasteiger partial charge in [0.15, 0.2) is 0 Å². The smallest absolute Gasteiger partial charge is 0.114 e. The second kappa shape index (κ2) is 6.85. The molecule has 1 aromatic carbocycles. The van der Waals surface area contributed by atoms with Gasteiger partial charge in [-0.15, -0.1) is 0 Å². The van der Waals surface area contributed by atoms with Crippen LogP contribution >= 0.6 is 23.2 Å².